The van der Waals surface area contributed by atoms with E-state index in [4.69, 9.17) is 0 Å². The summed E-state index contributed by atoms with van der Waals surface area (Å²) in [5.74, 6) is 0.468. The van der Waals surface area contributed by atoms with E-state index in [1.165, 1.54) is 0 Å². The summed E-state index contributed by atoms with van der Waals surface area (Å²) >= 11 is 0. The maximum Gasteiger partial charge on any atom is 0.191 e. The van der Waals surface area contributed by atoms with Gasteiger partial charge in [-0.15, -0.1) is 0 Å². The minimum absolute atomic E-state index is 0.194. The first-order valence-electron chi connectivity index (χ1n) is 8.53. The molecule has 2 N–H and O–H groups in total. The molecule has 0 fully saturated rings. The Morgan fingerprint density at radius 3 is 2.48 bits per heavy atom. The second-order valence-electron chi connectivity index (χ2n) is 5.68. The van der Waals surface area contributed by atoms with Crippen LogP contribution in [0.25, 0.3) is 0 Å². The zero-order chi connectivity index (χ0) is 18.2. The van der Waals surface area contributed by atoms with Crippen LogP contribution in [0.15, 0.2) is 35.5 Å². The summed E-state index contributed by atoms with van der Waals surface area (Å²) in [5.41, 5.74) is 2.57. The molecule has 1 heterocycles. The second kappa shape index (κ2) is 9.05. The van der Waals surface area contributed by atoms with Crippen molar-refractivity contribution in [2.45, 2.75) is 26.9 Å². The molecule has 0 aliphatic heterocycles. The Morgan fingerprint density at radius 1 is 1.20 bits per heavy atom. The van der Waals surface area contributed by atoms with E-state index < -0.39 is 0 Å². The molecule has 1 aromatic carbocycles. The van der Waals surface area contributed by atoms with Crippen molar-refractivity contribution in [2.75, 3.05) is 25.0 Å². The van der Waals surface area contributed by atoms with Crippen LogP contribution in [0, 0.1) is 5.82 Å². The lowest BCUT2D eigenvalue weighted by Gasteiger charge is -2.22. The standard InChI is InChI=1S/C18H27FN6/c1-5-25(6-2)17-8-7-14(11-16(17)19)12-21-18(20-3)22-13-15-9-10-23-24(15)4/h7-11H,5-6,12-13H2,1-4H3,(H2,20,21,22). The highest BCUT2D eigenvalue weighted by Gasteiger charge is 2.09. The van der Waals surface area contributed by atoms with Gasteiger partial charge >= 0.3 is 0 Å². The van der Waals surface area contributed by atoms with Crippen LogP contribution < -0.4 is 15.5 Å². The molecule has 1 aromatic heterocycles. The third-order valence-electron chi connectivity index (χ3n) is 4.16. The Hall–Kier alpha value is -2.57. The van der Waals surface area contributed by atoms with Gasteiger partial charge in [0.25, 0.3) is 0 Å². The SMILES string of the molecule is CCN(CC)c1ccc(CNC(=NC)NCc2ccnn2C)cc1F. The molecule has 0 bridgehead atoms. The van der Waals surface area contributed by atoms with Gasteiger partial charge in [-0.05, 0) is 37.6 Å². The predicted octanol–water partition coefficient (Wildman–Crippen LogP) is 2.27. The maximum atomic E-state index is 14.3. The Bertz CT molecular complexity index is 705. The van der Waals surface area contributed by atoms with Crippen molar-refractivity contribution in [3.63, 3.8) is 0 Å². The molecule has 0 aliphatic carbocycles. The van der Waals surface area contributed by atoms with E-state index in [9.17, 15) is 4.39 Å². The number of aliphatic imine (C=N–C) groups is 1. The van der Waals surface area contributed by atoms with Gasteiger partial charge in [0.05, 0.1) is 17.9 Å². The largest absolute Gasteiger partial charge is 0.370 e. The number of aryl methyl sites for hydroxylation is 1. The van der Waals surface area contributed by atoms with Crippen LogP contribution in [0.1, 0.15) is 25.1 Å². The van der Waals surface area contributed by atoms with Crippen LogP contribution in [-0.2, 0) is 20.1 Å². The number of nitrogens with one attached hydrogen (secondary N) is 2. The summed E-state index contributed by atoms with van der Waals surface area (Å²) in [6.07, 6.45) is 1.76. The van der Waals surface area contributed by atoms with Gasteiger partial charge in [0, 0.05) is 39.9 Å². The molecule has 0 radical (unpaired) electrons. The molecule has 0 aliphatic rings. The zero-order valence-electron chi connectivity index (χ0n) is 15.4. The number of benzene rings is 1. The number of nitrogens with zero attached hydrogens (tertiary/aromatic N) is 4. The molecule has 136 valence electrons. The summed E-state index contributed by atoms with van der Waals surface area (Å²) in [6, 6.07) is 7.31. The molecule has 0 saturated carbocycles. The molecular weight excluding hydrogens is 319 g/mol. The first kappa shape index (κ1) is 18.8. The highest BCUT2D eigenvalue weighted by atomic mass is 19.1. The number of anilines is 1. The molecule has 0 amide bonds. The monoisotopic (exact) mass is 346 g/mol. The minimum atomic E-state index is -0.194. The predicted molar refractivity (Wildman–Crippen MR) is 100 cm³/mol. The van der Waals surface area contributed by atoms with E-state index in [0.29, 0.717) is 24.7 Å². The van der Waals surface area contributed by atoms with Crippen molar-refractivity contribution < 1.29 is 4.39 Å². The van der Waals surface area contributed by atoms with E-state index >= 15 is 0 Å². The van der Waals surface area contributed by atoms with Gasteiger partial charge < -0.3 is 15.5 Å². The van der Waals surface area contributed by atoms with Gasteiger partial charge in [-0.1, -0.05) is 6.07 Å². The number of guanidine groups is 1. The highest BCUT2D eigenvalue weighted by Crippen LogP contribution is 2.20. The lowest BCUT2D eigenvalue weighted by atomic mass is 10.2. The normalized spacial score (nSPS) is 11.5. The van der Waals surface area contributed by atoms with Gasteiger partial charge in [-0.2, -0.15) is 5.10 Å². The number of hydrogen-bond acceptors (Lipinski definition) is 3. The Kier molecular flexibility index (Phi) is 6.80. The van der Waals surface area contributed by atoms with E-state index in [1.54, 1.807) is 19.3 Å². The van der Waals surface area contributed by atoms with Crippen LogP contribution in [0.4, 0.5) is 10.1 Å². The van der Waals surface area contributed by atoms with Crippen molar-refractivity contribution in [3.8, 4) is 0 Å². The molecule has 2 rings (SSSR count). The van der Waals surface area contributed by atoms with Crippen molar-refractivity contribution >= 4 is 11.6 Å². The van der Waals surface area contributed by atoms with E-state index in [-0.39, 0.29) is 5.82 Å². The summed E-state index contributed by atoms with van der Waals surface area (Å²) in [7, 11) is 3.61. The molecule has 0 atom stereocenters. The summed E-state index contributed by atoms with van der Waals surface area (Å²) in [4.78, 5) is 6.19. The van der Waals surface area contributed by atoms with E-state index in [1.807, 2.05) is 48.7 Å². The lowest BCUT2D eigenvalue weighted by molar-refractivity contribution is 0.616. The summed E-state index contributed by atoms with van der Waals surface area (Å²) < 4.78 is 16.1. The topological polar surface area (TPSA) is 57.5 Å². The highest BCUT2D eigenvalue weighted by molar-refractivity contribution is 5.79. The minimum Gasteiger partial charge on any atom is -0.370 e. The van der Waals surface area contributed by atoms with Crippen molar-refractivity contribution in [1.82, 2.24) is 20.4 Å². The quantitative estimate of drug-likeness (QED) is 0.596. The molecule has 25 heavy (non-hydrogen) atoms. The molecule has 0 saturated heterocycles. The van der Waals surface area contributed by atoms with Crippen molar-refractivity contribution in [3.05, 3.63) is 47.5 Å². The van der Waals surface area contributed by atoms with Crippen LogP contribution in [0.5, 0.6) is 0 Å². The summed E-state index contributed by atoms with van der Waals surface area (Å²) in [5, 5.41) is 10.6. The van der Waals surface area contributed by atoms with Crippen LogP contribution in [-0.4, -0.2) is 35.9 Å². The van der Waals surface area contributed by atoms with Gasteiger partial charge in [-0.3, -0.25) is 9.67 Å². The van der Waals surface area contributed by atoms with E-state index in [0.717, 1.165) is 24.3 Å². The number of aromatic nitrogens is 2. The fourth-order valence-electron chi connectivity index (χ4n) is 2.64. The van der Waals surface area contributed by atoms with Gasteiger partial charge in [0.15, 0.2) is 5.96 Å². The molecule has 2 aromatic rings. The first-order chi connectivity index (χ1) is 12.1. The third kappa shape index (κ3) is 4.95. The van der Waals surface area contributed by atoms with Crippen LogP contribution in [0.2, 0.25) is 0 Å². The Labute approximate surface area is 148 Å². The lowest BCUT2D eigenvalue weighted by Crippen LogP contribution is -2.36. The molecular formula is C18H27FN6. The fourth-order valence-corrected chi connectivity index (χ4v) is 2.64. The zero-order valence-corrected chi connectivity index (χ0v) is 15.4. The Morgan fingerprint density at radius 2 is 1.92 bits per heavy atom. The van der Waals surface area contributed by atoms with E-state index in [2.05, 4.69) is 20.7 Å². The van der Waals surface area contributed by atoms with Gasteiger partial charge in [-0.25, -0.2) is 4.39 Å². The van der Waals surface area contributed by atoms with Crippen molar-refractivity contribution in [1.29, 1.82) is 0 Å². The summed E-state index contributed by atoms with van der Waals surface area (Å²) in [6.45, 7) is 6.74. The fraction of sp³-hybridized carbons (Fsp3) is 0.444. The average molecular weight is 346 g/mol. The first-order valence-corrected chi connectivity index (χ1v) is 8.53. The molecule has 0 unspecified atom stereocenters. The second-order valence-corrected chi connectivity index (χ2v) is 5.68. The number of rotatable bonds is 7. The van der Waals surface area contributed by atoms with Crippen molar-refractivity contribution in [2.24, 2.45) is 12.0 Å². The molecule has 7 heteroatoms. The number of halogens is 1. The number of hydrogen-bond donors (Lipinski definition) is 2. The molecule has 0 spiro atoms. The average Bonchev–Trinajstić information content (AvgIpc) is 3.03. The van der Waals surface area contributed by atoms with Crippen LogP contribution in [0.3, 0.4) is 0 Å². The van der Waals surface area contributed by atoms with Crippen LogP contribution >= 0.6 is 0 Å². The van der Waals surface area contributed by atoms with Gasteiger partial charge in [0.1, 0.15) is 5.82 Å². The third-order valence-corrected chi connectivity index (χ3v) is 4.16. The maximum absolute atomic E-state index is 14.3. The van der Waals surface area contributed by atoms with Gasteiger partial charge in [0.2, 0.25) is 0 Å². The Balaban J connectivity index is 1.93. The smallest absolute Gasteiger partial charge is 0.191 e. The molecule has 6 nitrogen and oxygen atoms in total.